The zero-order chi connectivity index (χ0) is 14.7. The largest absolute Gasteiger partial charge is 0.381 e. The van der Waals surface area contributed by atoms with Gasteiger partial charge in [-0.15, -0.1) is 0 Å². The van der Waals surface area contributed by atoms with E-state index in [2.05, 4.69) is 19.2 Å². The number of nitrogens with zero attached hydrogens (tertiary/aromatic N) is 1. The highest BCUT2D eigenvalue weighted by Gasteiger charge is 2.31. The molecular formula is C16H24N2O2. The van der Waals surface area contributed by atoms with Crippen LogP contribution in [-0.4, -0.2) is 34.7 Å². The van der Waals surface area contributed by atoms with Crippen LogP contribution in [0.4, 0.5) is 0 Å². The third kappa shape index (κ3) is 3.02. The van der Waals surface area contributed by atoms with Crippen molar-refractivity contribution in [3.63, 3.8) is 0 Å². The Bertz CT molecular complexity index is 448. The zero-order valence-corrected chi connectivity index (χ0v) is 12.5. The monoisotopic (exact) mass is 276 g/mol. The minimum Gasteiger partial charge on any atom is -0.381 e. The number of aliphatic hydroxyl groups is 1. The smallest absolute Gasteiger partial charge is 0.254 e. The molecule has 1 heterocycles. The summed E-state index contributed by atoms with van der Waals surface area (Å²) in [4.78, 5) is 14.5. The molecule has 0 bridgehead atoms. The average Bonchev–Trinajstić information content (AvgIpc) is 2.78. The minimum atomic E-state index is -0.0509. The molecule has 2 rings (SSSR count). The summed E-state index contributed by atoms with van der Waals surface area (Å²) < 4.78 is 0. The number of carbonyl (C=O) groups excluding carboxylic acids is 1. The Morgan fingerprint density at radius 1 is 1.30 bits per heavy atom. The van der Waals surface area contributed by atoms with Crippen LogP contribution >= 0.6 is 0 Å². The quantitative estimate of drug-likeness (QED) is 0.830. The molecule has 20 heavy (non-hydrogen) atoms. The van der Waals surface area contributed by atoms with Gasteiger partial charge in [-0.3, -0.25) is 10.1 Å². The Morgan fingerprint density at radius 2 is 1.85 bits per heavy atom. The molecule has 1 aromatic carbocycles. The molecule has 1 amide bonds. The van der Waals surface area contributed by atoms with Gasteiger partial charge >= 0.3 is 0 Å². The van der Waals surface area contributed by atoms with Crippen LogP contribution in [0.25, 0.3) is 0 Å². The molecule has 0 saturated carbocycles. The van der Waals surface area contributed by atoms with Crippen LogP contribution in [0.3, 0.4) is 0 Å². The van der Waals surface area contributed by atoms with E-state index in [0.717, 1.165) is 24.0 Å². The SMILES string of the molecule is CC(NCO)c1ccc(C(=O)N2C(C)CCC2C)cc1. The molecule has 4 nitrogen and oxygen atoms in total. The zero-order valence-electron chi connectivity index (χ0n) is 12.5. The number of benzene rings is 1. The normalized spacial score (nSPS) is 23.9. The first-order chi connectivity index (χ1) is 9.54. The van der Waals surface area contributed by atoms with Crippen LogP contribution in [0.15, 0.2) is 24.3 Å². The third-order valence-electron chi connectivity index (χ3n) is 4.24. The van der Waals surface area contributed by atoms with Crippen molar-refractivity contribution in [2.45, 2.75) is 51.7 Å². The van der Waals surface area contributed by atoms with Crippen LogP contribution in [-0.2, 0) is 0 Å². The summed E-state index contributed by atoms with van der Waals surface area (Å²) >= 11 is 0. The number of nitrogens with one attached hydrogen (secondary N) is 1. The fourth-order valence-electron chi connectivity index (χ4n) is 2.91. The van der Waals surface area contributed by atoms with Crippen molar-refractivity contribution in [2.24, 2.45) is 0 Å². The molecule has 3 unspecified atom stereocenters. The van der Waals surface area contributed by atoms with Gasteiger partial charge < -0.3 is 10.0 Å². The highest BCUT2D eigenvalue weighted by molar-refractivity contribution is 5.94. The van der Waals surface area contributed by atoms with Crippen LogP contribution in [0.1, 0.15) is 55.6 Å². The number of rotatable bonds is 4. The maximum atomic E-state index is 12.5. The number of amides is 1. The minimum absolute atomic E-state index is 0.0509. The molecule has 2 N–H and O–H groups in total. The summed E-state index contributed by atoms with van der Waals surface area (Å²) in [5, 5.41) is 11.8. The van der Waals surface area contributed by atoms with E-state index >= 15 is 0 Å². The average molecular weight is 276 g/mol. The van der Waals surface area contributed by atoms with E-state index in [4.69, 9.17) is 5.11 Å². The molecule has 1 aliphatic heterocycles. The second-order valence-electron chi connectivity index (χ2n) is 5.69. The maximum absolute atomic E-state index is 12.5. The molecule has 1 saturated heterocycles. The van der Waals surface area contributed by atoms with Crippen molar-refractivity contribution in [2.75, 3.05) is 6.73 Å². The fourth-order valence-corrected chi connectivity index (χ4v) is 2.91. The molecule has 4 heteroatoms. The van der Waals surface area contributed by atoms with Gasteiger partial charge in [0.25, 0.3) is 5.91 Å². The Kier molecular flexibility index (Phi) is 4.78. The van der Waals surface area contributed by atoms with Crippen LogP contribution in [0.5, 0.6) is 0 Å². The predicted octanol–water partition coefficient (Wildman–Crippen LogP) is 2.30. The van der Waals surface area contributed by atoms with E-state index in [1.165, 1.54) is 0 Å². The third-order valence-corrected chi connectivity index (χ3v) is 4.24. The molecule has 0 radical (unpaired) electrons. The first-order valence-electron chi connectivity index (χ1n) is 7.31. The molecule has 1 aromatic rings. The van der Waals surface area contributed by atoms with Crippen molar-refractivity contribution < 1.29 is 9.90 Å². The van der Waals surface area contributed by atoms with Crippen molar-refractivity contribution >= 4 is 5.91 Å². The number of aliphatic hydroxyl groups excluding tert-OH is 1. The van der Waals surface area contributed by atoms with Crippen molar-refractivity contribution in [1.82, 2.24) is 10.2 Å². The lowest BCUT2D eigenvalue weighted by Crippen LogP contribution is -2.38. The van der Waals surface area contributed by atoms with Crippen molar-refractivity contribution in [3.05, 3.63) is 35.4 Å². The molecule has 3 atom stereocenters. The molecule has 0 aromatic heterocycles. The van der Waals surface area contributed by atoms with Crippen molar-refractivity contribution in [1.29, 1.82) is 0 Å². The maximum Gasteiger partial charge on any atom is 0.254 e. The number of carbonyl (C=O) groups is 1. The summed E-state index contributed by atoms with van der Waals surface area (Å²) in [6, 6.07) is 8.39. The molecule has 0 aliphatic carbocycles. The Morgan fingerprint density at radius 3 is 2.35 bits per heavy atom. The molecular weight excluding hydrogens is 252 g/mol. The lowest BCUT2D eigenvalue weighted by molar-refractivity contribution is 0.0693. The van der Waals surface area contributed by atoms with E-state index in [-0.39, 0.29) is 18.7 Å². The first kappa shape index (κ1) is 15.0. The van der Waals surface area contributed by atoms with Gasteiger partial charge in [-0.05, 0) is 51.3 Å². The lowest BCUT2D eigenvalue weighted by Gasteiger charge is -2.26. The summed E-state index contributed by atoms with van der Waals surface area (Å²) in [5.41, 5.74) is 1.81. The van der Waals surface area contributed by atoms with Gasteiger partial charge in [0.15, 0.2) is 0 Å². The van der Waals surface area contributed by atoms with Gasteiger partial charge in [0.1, 0.15) is 0 Å². The number of likely N-dealkylation sites (tertiary alicyclic amines) is 1. The molecule has 1 fully saturated rings. The van der Waals surface area contributed by atoms with E-state index in [9.17, 15) is 4.79 Å². The lowest BCUT2D eigenvalue weighted by atomic mass is 10.1. The van der Waals surface area contributed by atoms with E-state index in [0.29, 0.717) is 12.1 Å². The molecule has 0 spiro atoms. The summed E-state index contributed by atoms with van der Waals surface area (Å²) in [7, 11) is 0. The molecule has 110 valence electrons. The molecule has 1 aliphatic rings. The first-order valence-corrected chi connectivity index (χ1v) is 7.31. The van der Waals surface area contributed by atoms with Crippen molar-refractivity contribution in [3.8, 4) is 0 Å². The Hall–Kier alpha value is -1.39. The van der Waals surface area contributed by atoms with Crippen LogP contribution in [0, 0.1) is 0 Å². The van der Waals surface area contributed by atoms with Gasteiger partial charge in [-0.1, -0.05) is 12.1 Å². The summed E-state index contributed by atoms with van der Waals surface area (Å²) in [6.45, 7) is 6.16. The van der Waals surface area contributed by atoms with Crippen LogP contribution < -0.4 is 5.32 Å². The standard InChI is InChI=1S/C16H24N2O2/c1-11-4-5-12(2)18(11)16(20)15-8-6-14(7-9-15)13(3)17-10-19/h6-9,11-13,17,19H,4-5,10H2,1-3H3. The second kappa shape index (κ2) is 6.37. The van der Waals surface area contributed by atoms with Crippen LogP contribution in [0.2, 0.25) is 0 Å². The summed E-state index contributed by atoms with van der Waals surface area (Å²) in [6.07, 6.45) is 2.17. The topological polar surface area (TPSA) is 52.6 Å². The number of hydrogen-bond acceptors (Lipinski definition) is 3. The van der Waals surface area contributed by atoms with Gasteiger partial charge in [-0.25, -0.2) is 0 Å². The highest BCUT2D eigenvalue weighted by Crippen LogP contribution is 2.26. The summed E-state index contributed by atoms with van der Waals surface area (Å²) in [5.74, 6) is 0.122. The number of hydrogen-bond donors (Lipinski definition) is 2. The predicted molar refractivity (Wildman–Crippen MR) is 79.4 cm³/mol. The van der Waals surface area contributed by atoms with E-state index in [1.54, 1.807) is 0 Å². The highest BCUT2D eigenvalue weighted by atomic mass is 16.3. The van der Waals surface area contributed by atoms with Gasteiger partial charge in [-0.2, -0.15) is 0 Å². The Labute approximate surface area is 120 Å². The van der Waals surface area contributed by atoms with E-state index in [1.807, 2.05) is 36.1 Å². The second-order valence-corrected chi connectivity index (χ2v) is 5.69. The Balaban J connectivity index is 2.11. The van der Waals surface area contributed by atoms with Gasteiger partial charge in [0.05, 0.1) is 6.73 Å². The fraction of sp³-hybridized carbons (Fsp3) is 0.562. The van der Waals surface area contributed by atoms with Gasteiger partial charge in [0.2, 0.25) is 0 Å². The van der Waals surface area contributed by atoms with E-state index < -0.39 is 0 Å². The van der Waals surface area contributed by atoms with Gasteiger partial charge in [0, 0.05) is 23.7 Å².